The minimum absolute atomic E-state index is 0.204. The van der Waals surface area contributed by atoms with Crippen LogP contribution < -0.4 is 5.73 Å². The molecule has 0 amide bonds. The van der Waals surface area contributed by atoms with Gasteiger partial charge in [-0.15, -0.1) is 0 Å². The molecule has 0 unspecified atom stereocenters. The fourth-order valence-corrected chi connectivity index (χ4v) is 1.25. The third kappa shape index (κ3) is 2.33. The number of carbonyl (C=O) groups excluding carboxylic acids is 1. The van der Waals surface area contributed by atoms with Crippen LogP contribution in [0.25, 0.3) is 0 Å². The van der Waals surface area contributed by atoms with E-state index in [1.807, 2.05) is 0 Å². The van der Waals surface area contributed by atoms with E-state index >= 15 is 0 Å². The van der Waals surface area contributed by atoms with Gasteiger partial charge in [-0.05, 0) is 6.07 Å². The van der Waals surface area contributed by atoms with Crippen molar-refractivity contribution >= 4 is 23.4 Å². The average Bonchev–Trinajstić information content (AvgIpc) is 2.16. The van der Waals surface area contributed by atoms with Gasteiger partial charge >= 0.3 is 5.97 Å². The van der Waals surface area contributed by atoms with Crippen LogP contribution in [0, 0.1) is 0 Å². The molecule has 2 N–H and O–H groups in total. The lowest BCUT2D eigenvalue weighted by atomic mass is 10.2. The topological polar surface area (TPSA) is 65.2 Å². The number of hydrogen-bond donors (Lipinski definition) is 1. The number of aromatic nitrogens is 1. The van der Waals surface area contributed by atoms with Crippen molar-refractivity contribution in [2.45, 2.75) is 6.43 Å². The van der Waals surface area contributed by atoms with Gasteiger partial charge in [0.25, 0.3) is 6.43 Å². The third-order valence-electron chi connectivity index (χ3n) is 1.63. The summed E-state index contributed by atoms with van der Waals surface area (Å²) in [5.41, 5.74) is 4.52. The third-order valence-corrected chi connectivity index (χ3v) is 1.93. The smallest absolute Gasteiger partial charge is 0.343 e. The molecule has 0 aliphatic carbocycles. The Morgan fingerprint density at radius 2 is 2.27 bits per heavy atom. The summed E-state index contributed by atoms with van der Waals surface area (Å²) in [4.78, 5) is 14.5. The second kappa shape index (κ2) is 4.39. The largest absolute Gasteiger partial charge is 0.465 e. The number of hydrogen-bond acceptors (Lipinski definition) is 4. The second-order valence-corrected chi connectivity index (χ2v) is 2.99. The maximum atomic E-state index is 12.2. The maximum absolute atomic E-state index is 12.2. The first kappa shape index (κ1) is 11.6. The van der Waals surface area contributed by atoms with Gasteiger partial charge in [0.05, 0.1) is 12.1 Å². The van der Waals surface area contributed by atoms with Crippen LogP contribution in [-0.2, 0) is 4.74 Å². The van der Waals surface area contributed by atoms with Crippen LogP contribution >= 0.6 is 11.6 Å². The lowest BCUT2D eigenvalue weighted by molar-refractivity contribution is 0.0601. The number of nitrogens with zero attached hydrogens (tertiary/aromatic N) is 1. The van der Waals surface area contributed by atoms with Crippen LogP contribution in [0.3, 0.4) is 0 Å². The highest BCUT2D eigenvalue weighted by atomic mass is 35.5. The van der Waals surface area contributed by atoms with Crippen LogP contribution in [0.15, 0.2) is 6.07 Å². The average molecular weight is 237 g/mol. The molecule has 4 nitrogen and oxygen atoms in total. The standard InChI is InChI=1S/C8H7ClF2N2O2/c1-15-8(14)5-3(9)2-4(6(10)11)13-7(5)12/h2,6H,1H3,(H2,12,13). The van der Waals surface area contributed by atoms with Crippen molar-refractivity contribution in [3.8, 4) is 0 Å². The lowest BCUT2D eigenvalue weighted by Crippen LogP contribution is -2.09. The Hall–Kier alpha value is -1.43. The van der Waals surface area contributed by atoms with Gasteiger partial charge in [0.2, 0.25) is 0 Å². The van der Waals surface area contributed by atoms with E-state index in [0.717, 1.165) is 13.2 Å². The summed E-state index contributed by atoms with van der Waals surface area (Å²) in [5.74, 6) is -1.18. The Morgan fingerprint density at radius 3 is 2.67 bits per heavy atom. The Morgan fingerprint density at radius 1 is 1.67 bits per heavy atom. The van der Waals surface area contributed by atoms with Crippen molar-refractivity contribution in [3.05, 3.63) is 22.3 Å². The number of methoxy groups -OCH3 is 1. The number of anilines is 1. The zero-order chi connectivity index (χ0) is 11.6. The summed E-state index contributed by atoms with van der Waals surface area (Å²) in [5, 5.41) is -0.204. The molecular weight excluding hydrogens is 230 g/mol. The van der Waals surface area contributed by atoms with Gasteiger partial charge in [-0.2, -0.15) is 0 Å². The van der Waals surface area contributed by atoms with Crippen molar-refractivity contribution in [2.75, 3.05) is 12.8 Å². The summed E-state index contributed by atoms with van der Waals surface area (Å²) < 4.78 is 28.9. The van der Waals surface area contributed by atoms with Crippen molar-refractivity contribution in [1.82, 2.24) is 4.98 Å². The maximum Gasteiger partial charge on any atom is 0.343 e. The highest BCUT2D eigenvalue weighted by Gasteiger charge is 2.20. The number of halogens is 3. The first-order valence-electron chi connectivity index (χ1n) is 3.79. The molecule has 82 valence electrons. The molecule has 0 saturated carbocycles. The number of esters is 1. The molecule has 1 aromatic rings. The van der Waals surface area contributed by atoms with E-state index in [9.17, 15) is 13.6 Å². The molecule has 0 atom stereocenters. The summed E-state index contributed by atoms with van der Waals surface area (Å²) in [6.45, 7) is 0. The summed E-state index contributed by atoms with van der Waals surface area (Å²) in [6.07, 6.45) is -2.79. The fourth-order valence-electron chi connectivity index (χ4n) is 0.968. The number of nitrogens with two attached hydrogens (primary N) is 1. The molecule has 7 heteroatoms. The van der Waals surface area contributed by atoms with E-state index < -0.39 is 18.1 Å². The van der Waals surface area contributed by atoms with E-state index in [2.05, 4.69) is 9.72 Å². The first-order chi connectivity index (χ1) is 6.97. The van der Waals surface area contributed by atoms with E-state index in [0.29, 0.717) is 0 Å². The Bertz CT molecular complexity index is 375. The van der Waals surface area contributed by atoms with Gasteiger partial charge in [-0.1, -0.05) is 11.6 Å². The molecule has 0 bridgehead atoms. The fraction of sp³-hybridized carbons (Fsp3) is 0.250. The minimum Gasteiger partial charge on any atom is -0.465 e. The molecule has 1 heterocycles. The molecule has 1 rings (SSSR count). The molecular formula is C8H7ClF2N2O2. The Kier molecular flexibility index (Phi) is 3.41. The quantitative estimate of drug-likeness (QED) is 0.798. The first-order valence-corrected chi connectivity index (χ1v) is 4.17. The van der Waals surface area contributed by atoms with Crippen molar-refractivity contribution in [1.29, 1.82) is 0 Å². The van der Waals surface area contributed by atoms with Crippen molar-refractivity contribution < 1.29 is 18.3 Å². The number of pyridine rings is 1. The normalized spacial score (nSPS) is 10.5. The van der Waals surface area contributed by atoms with Gasteiger partial charge in [0.15, 0.2) is 0 Å². The number of alkyl halides is 2. The monoisotopic (exact) mass is 236 g/mol. The van der Waals surface area contributed by atoms with Crippen molar-refractivity contribution in [3.63, 3.8) is 0 Å². The van der Waals surface area contributed by atoms with E-state index in [1.165, 1.54) is 0 Å². The molecule has 0 fully saturated rings. The lowest BCUT2D eigenvalue weighted by Gasteiger charge is -2.07. The summed E-state index contributed by atoms with van der Waals surface area (Å²) >= 11 is 5.60. The Labute approximate surface area is 89.0 Å². The number of nitrogen functional groups attached to an aromatic ring is 1. The van der Waals surface area contributed by atoms with E-state index in [1.54, 1.807) is 0 Å². The SMILES string of the molecule is COC(=O)c1c(Cl)cc(C(F)F)nc1N. The second-order valence-electron chi connectivity index (χ2n) is 2.58. The molecule has 0 radical (unpaired) electrons. The zero-order valence-corrected chi connectivity index (χ0v) is 8.39. The molecule has 0 aliphatic heterocycles. The van der Waals surface area contributed by atoms with Crippen LogP contribution in [-0.4, -0.2) is 18.1 Å². The van der Waals surface area contributed by atoms with Crippen molar-refractivity contribution in [2.24, 2.45) is 0 Å². The zero-order valence-electron chi connectivity index (χ0n) is 7.63. The van der Waals surface area contributed by atoms with Gasteiger partial charge in [0.1, 0.15) is 17.1 Å². The molecule has 0 aliphatic rings. The summed E-state index contributed by atoms with van der Waals surface area (Å²) in [6, 6.07) is 0.884. The highest BCUT2D eigenvalue weighted by molar-refractivity contribution is 6.34. The van der Waals surface area contributed by atoms with E-state index in [-0.39, 0.29) is 16.4 Å². The Balaban J connectivity index is 3.27. The van der Waals surface area contributed by atoms with Gasteiger partial charge in [-0.3, -0.25) is 0 Å². The van der Waals surface area contributed by atoms with Crippen LogP contribution in [0.2, 0.25) is 5.02 Å². The minimum atomic E-state index is -2.79. The summed E-state index contributed by atoms with van der Waals surface area (Å²) in [7, 11) is 1.12. The molecule has 0 spiro atoms. The number of carbonyl (C=O) groups is 1. The van der Waals surface area contributed by atoms with Crippen LogP contribution in [0.1, 0.15) is 22.5 Å². The van der Waals surface area contributed by atoms with Gasteiger partial charge < -0.3 is 10.5 Å². The van der Waals surface area contributed by atoms with Gasteiger partial charge in [0, 0.05) is 0 Å². The molecule has 0 aromatic carbocycles. The number of rotatable bonds is 2. The predicted molar refractivity (Wildman–Crippen MR) is 50.0 cm³/mol. The van der Waals surface area contributed by atoms with E-state index in [4.69, 9.17) is 17.3 Å². The highest BCUT2D eigenvalue weighted by Crippen LogP contribution is 2.27. The van der Waals surface area contributed by atoms with Crippen LogP contribution in [0.5, 0.6) is 0 Å². The molecule has 15 heavy (non-hydrogen) atoms. The number of ether oxygens (including phenoxy) is 1. The predicted octanol–water partition coefficient (Wildman–Crippen LogP) is 2.04. The van der Waals surface area contributed by atoms with Crippen LogP contribution in [0.4, 0.5) is 14.6 Å². The molecule has 0 saturated heterocycles. The molecule has 1 aromatic heterocycles. The van der Waals surface area contributed by atoms with Gasteiger partial charge in [-0.25, -0.2) is 18.6 Å².